The fourth-order valence-corrected chi connectivity index (χ4v) is 2.21. The van der Waals surface area contributed by atoms with Crippen LogP contribution in [-0.2, 0) is 14.3 Å². The van der Waals surface area contributed by atoms with Crippen molar-refractivity contribution in [2.24, 2.45) is 5.92 Å². The summed E-state index contributed by atoms with van der Waals surface area (Å²) in [4.78, 5) is 27.6. The van der Waals surface area contributed by atoms with Crippen molar-refractivity contribution in [1.29, 1.82) is 0 Å². The fourth-order valence-electron chi connectivity index (χ4n) is 2.21. The Hall–Kier alpha value is -2.63. The van der Waals surface area contributed by atoms with Gasteiger partial charge in [0.25, 0.3) is 0 Å². The van der Waals surface area contributed by atoms with Crippen LogP contribution in [0.4, 0.5) is 0 Å². The van der Waals surface area contributed by atoms with Gasteiger partial charge < -0.3 is 14.0 Å². The van der Waals surface area contributed by atoms with Gasteiger partial charge in [0.15, 0.2) is 0 Å². The third-order valence-electron chi connectivity index (χ3n) is 3.64. The number of hydrogen-bond donors (Lipinski definition) is 0. The molecule has 1 aromatic carbocycles. The third-order valence-corrected chi connectivity index (χ3v) is 3.64. The van der Waals surface area contributed by atoms with Gasteiger partial charge in [0.2, 0.25) is 0 Å². The number of methoxy groups -OCH3 is 1. The van der Waals surface area contributed by atoms with Crippen molar-refractivity contribution in [2.75, 3.05) is 13.7 Å². The minimum Gasteiger partial charge on any atom is -0.469 e. The van der Waals surface area contributed by atoms with E-state index >= 15 is 0 Å². The third kappa shape index (κ3) is 3.97. The Morgan fingerprint density at radius 2 is 1.91 bits per heavy atom. The van der Waals surface area contributed by atoms with Crippen molar-refractivity contribution in [3.8, 4) is 0 Å². The first-order valence-corrected chi connectivity index (χ1v) is 7.36. The topological polar surface area (TPSA) is 70.4 Å². The first kappa shape index (κ1) is 16.7. The largest absolute Gasteiger partial charge is 0.469 e. The Morgan fingerprint density at radius 3 is 2.57 bits per heavy atom. The van der Waals surface area contributed by atoms with E-state index in [1.807, 2.05) is 37.3 Å². The number of nitrogens with zero attached hydrogens (tertiary/aromatic N) is 2. The highest BCUT2D eigenvalue weighted by Crippen LogP contribution is 2.19. The second-order valence-corrected chi connectivity index (χ2v) is 5.30. The maximum atomic E-state index is 12.2. The molecule has 1 aromatic heterocycles. The predicted molar refractivity (Wildman–Crippen MR) is 83.9 cm³/mol. The molecule has 0 bridgehead atoms. The number of ether oxygens (including phenoxy) is 2. The molecule has 6 nitrogen and oxygen atoms in total. The molecule has 0 saturated carbocycles. The number of rotatable bonds is 6. The summed E-state index contributed by atoms with van der Waals surface area (Å²) >= 11 is 0. The van der Waals surface area contributed by atoms with Gasteiger partial charge in [-0.2, -0.15) is 0 Å². The van der Waals surface area contributed by atoms with Crippen molar-refractivity contribution >= 4 is 11.9 Å². The second kappa shape index (κ2) is 7.58. The van der Waals surface area contributed by atoms with Crippen LogP contribution in [0.1, 0.15) is 35.9 Å². The molecule has 0 aliphatic rings. The second-order valence-electron chi connectivity index (χ2n) is 5.30. The van der Waals surface area contributed by atoms with Gasteiger partial charge in [0, 0.05) is 0 Å². The van der Waals surface area contributed by atoms with Crippen molar-refractivity contribution in [2.45, 2.75) is 19.9 Å². The number of carbonyl (C=O) groups excluding carboxylic acids is 2. The molecule has 0 fully saturated rings. The average Bonchev–Trinajstić information content (AvgIpc) is 3.08. The highest BCUT2D eigenvalue weighted by atomic mass is 16.5. The van der Waals surface area contributed by atoms with Crippen molar-refractivity contribution in [1.82, 2.24) is 9.55 Å². The summed E-state index contributed by atoms with van der Waals surface area (Å²) in [5.74, 6) is -1.43. The molecule has 6 heteroatoms. The molecule has 0 radical (unpaired) electrons. The predicted octanol–water partition coefficient (Wildman–Crippen LogP) is 2.46. The van der Waals surface area contributed by atoms with Crippen LogP contribution in [0.2, 0.25) is 0 Å². The standard InChI is InChI=1S/C17H20N2O4/c1-12(16(20)22-3)10-23-17(21)15-9-18-11-19(15)13(2)14-7-5-4-6-8-14/h4-9,11-13H,10H2,1-3H3/t12-,13+/m0/s1. The Labute approximate surface area is 135 Å². The van der Waals surface area contributed by atoms with Crippen LogP contribution in [0, 0.1) is 5.92 Å². The number of benzene rings is 1. The SMILES string of the molecule is COC(=O)[C@@H](C)COC(=O)c1cncn1[C@H](C)c1ccccc1. The Kier molecular flexibility index (Phi) is 5.51. The van der Waals surface area contributed by atoms with E-state index in [2.05, 4.69) is 9.72 Å². The Balaban J connectivity index is 2.08. The molecule has 122 valence electrons. The van der Waals surface area contributed by atoms with Crippen molar-refractivity contribution in [3.05, 3.63) is 54.1 Å². The van der Waals surface area contributed by atoms with E-state index in [0.717, 1.165) is 5.56 Å². The summed E-state index contributed by atoms with van der Waals surface area (Å²) in [6, 6.07) is 9.74. The van der Waals surface area contributed by atoms with Crippen LogP contribution < -0.4 is 0 Å². The van der Waals surface area contributed by atoms with Gasteiger partial charge in [-0.1, -0.05) is 30.3 Å². The molecule has 0 saturated heterocycles. The molecule has 0 amide bonds. The smallest absolute Gasteiger partial charge is 0.356 e. The molecule has 0 spiro atoms. The first-order valence-electron chi connectivity index (χ1n) is 7.36. The number of aromatic nitrogens is 2. The van der Waals surface area contributed by atoms with Crippen LogP contribution in [0.3, 0.4) is 0 Å². The van der Waals surface area contributed by atoms with Gasteiger partial charge in [-0.25, -0.2) is 9.78 Å². The van der Waals surface area contributed by atoms with Gasteiger partial charge in [-0.05, 0) is 19.4 Å². The number of esters is 2. The first-order chi connectivity index (χ1) is 11.0. The summed E-state index contributed by atoms with van der Waals surface area (Å²) in [6.07, 6.45) is 3.06. The summed E-state index contributed by atoms with van der Waals surface area (Å²) in [6.45, 7) is 3.59. The minimum atomic E-state index is -0.513. The lowest BCUT2D eigenvalue weighted by Gasteiger charge is -2.17. The molecule has 2 atom stereocenters. The van der Waals surface area contributed by atoms with Crippen LogP contribution in [0.15, 0.2) is 42.9 Å². The van der Waals surface area contributed by atoms with Crippen LogP contribution in [0.25, 0.3) is 0 Å². The molecular weight excluding hydrogens is 296 g/mol. The highest BCUT2D eigenvalue weighted by molar-refractivity contribution is 5.87. The quantitative estimate of drug-likeness (QED) is 0.766. The van der Waals surface area contributed by atoms with Gasteiger partial charge in [-0.3, -0.25) is 4.79 Å². The van der Waals surface area contributed by atoms with E-state index in [1.54, 1.807) is 17.8 Å². The molecule has 2 aromatic rings. The average molecular weight is 316 g/mol. The van der Waals surface area contributed by atoms with E-state index in [1.165, 1.54) is 13.3 Å². The van der Waals surface area contributed by atoms with E-state index in [-0.39, 0.29) is 12.6 Å². The monoisotopic (exact) mass is 316 g/mol. The van der Waals surface area contributed by atoms with Gasteiger partial charge in [0.1, 0.15) is 12.3 Å². The summed E-state index contributed by atoms with van der Waals surface area (Å²) in [5.41, 5.74) is 1.40. The van der Waals surface area contributed by atoms with E-state index < -0.39 is 17.9 Å². The van der Waals surface area contributed by atoms with Gasteiger partial charge in [-0.15, -0.1) is 0 Å². The minimum absolute atomic E-state index is 0.0313. The molecule has 0 unspecified atom stereocenters. The molecule has 0 N–H and O–H groups in total. The molecule has 0 aliphatic heterocycles. The molecule has 23 heavy (non-hydrogen) atoms. The number of hydrogen-bond acceptors (Lipinski definition) is 5. The molecular formula is C17H20N2O4. The molecule has 1 heterocycles. The fraction of sp³-hybridized carbons (Fsp3) is 0.353. The maximum Gasteiger partial charge on any atom is 0.356 e. The lowest BCUT2D eigenvalue weighted by atomic mass is 10.1. The summed E-state index contributed by atoms with van der Waals surface area (Å²) in [5, 5.41) is 0. The zero-order valence-corrected chi connectivity index (χ0v) is 13.4. The lowest BCUT2D eigenvalue weighted by Crippen LogP contribution is -2.22. The van der Waals surface area contributed by atoms with Crippen molar-refractivity contribution in [3.63, 3.8) is 0 Å². The van der Waals surface area contributed by atoms with Crippen molar-refractivity contribution < 1.29 is 19.1 Å². The number of imidazole rings is 1. The van der Waals surface area contributed by atoms with Crippen LogP contribution in [-0.4, -0.2) is 35.2 Å². The molecule has 0 aliphatic carbocycles. The van der Waals surface area contributed by atoms with Crippen LogP contribution >= 0.6 is 0 Å². The van der Waals surface area contributed by atoms with Gasteiger partial charge >= 0.3 is 11.9 Å². The Morgan fingerprint density at radius 1 is 1.22 bits per heavy atom. The molecule has 2 rings (SSSR count). The summed E-state index contributed by atoms with van der Waals surface area (Å²) < 4.78 is 11.6. The van der Waals surface area contributed by atoms with E-state index in [9.17, 15) is 9.59 Å². The lowest BCUT2D eigenvalue weighted by molar-refractivity contribution is -0.146. The summed E-state index contributed by atoms with van der Waals surface area (Å²) in [7, 11) is 1.30. The number of carbonyl (C=O) groups is 2. The van der Waals surface area contributed by atoms with E-state index in [0.29, 0.717) is 5.69 Å². The maximum absolute atomic E-state index is 12.2. The normalized spacial score (nSPS) is 13.2. The van der Waals surface area contributed by atoms with E-state index in [4.69, 9.17) is 4.74 Å². The van der Waals surface area contributed by atoms with Crippen LogP contribution in [0.5, 0.6) is 0 Å². The zero-order valence-electron chi connectivity index (χ0n) is 13.4. The zero-order chi connectivity index (χ0) is 16.8. The Bertz CT molecular complexity index is 666. The van der Waals surface area contributed by atoms with Gasteiger partial charge in [0.05, 0.1) is 31.6 Å². The highest BCUT2D eigenvalue weighted by Gasteiger charge is 2.21.